The molecule has 0 atom stereocenters. The van der Waals surface area contributed by atoms with Gasteiger partial charge in [-0.1, -0.05) is 18.5 Å². The summed E-state index contributed by atoms with van der Waals surface area (Å²) >= 11 is 8.01. The van der Waals surface area contributed by atoms with Gasteiger partial charge in [0.2, 0.25) is 0 Å². The van der Waals surface area contributed by atoms with Gasteiger partial charge in [-0.2, -0.15) is 0 Å². The molecule has 0 fully saturated rings. The Morgan fingerprint density at radius 2 is 2.06 bits per heavy atom. The highest BCUT2D eigenvalue weighted by Gasteiger charge is 2.06. The van der Waals surface area contributed by atoms with Crippen LogP contribution in [0.25, 0.3) is 0 Å². The van der Waals surface area contributed by atoms with Crippen molar-refractivity contribution in [2.45, 2.75) is 13.3 Å². The molecule has 6 heteroatoms. The lowest BCUT2D eigenvalue weighted by atomic mass is 10.2. The number of halogens is 3. The SMILES string of the molecule is CCCNCCNC(=O)c1ccc(Cl)c(I)c1.Cl. The molecule has 0 bridgehead atoms. The standard InChI is InChI=1S/C12H16ClIN2O.ClH/c1-2-5-15-6-7-16-12(17)9-3-4-10(13)11(14)8-9;/h3-4,8,15H,2,5-7H2,1H3,(H,16,17);1H. The van der Waals surface area contributed by atoms with Crippen LogP contribution in [0.15, 0.2) is 18.2 Å². The molecule has 0 aromatic heterocycles. The Hall–Kier alpha value is -0.0400. The van der Waals surface area contributed by atoms with Crippen molar-refractivity contribution in [2.24, 2.45) is 0 Å². The van der Waals surface area contributed by atoms with E-state index in [9.17, 15) is 4.79 Å². The van der Waals surface area contributed by atoms with Crippen molar-refractivity contribution in [1.29, 1.82) is 0 Å². The van der Waals surface area contributed by atoms with Crippen molar-refractivity contribution in [1.82, 2.24) is 10.6 Å². The van der Waals surface area contributed by atoms with Gasteiger partial charge in [0.25, 0.3) is 5.91 Å². The van der Waals surface area contributed by atoms with Crippen LogP contribution in [0.1, 0.15) is 23.7 Å². The van der Waals surface area contributed by atoms with E-state index in [2.05, 4.69) is 40.1 Å². The van der Waals surface area contributed by atoms with Gasteiger partial charge in [-0.3, -0.25) is 4.79 Å². The van der Waals surface area contributed by atoms with Crippen LogP contribution < -0.4 is 10.6 Å². The number of nitrogens with one attached hydrogen (secondary N) is 2. The van der Waals surface area contributed by atoms with E-state index in [1.54, 1.807) is 18.2 Å². The Bertz CT molecular complexity index is 388. The predicted molar refractivity (Wildman–Crippen MR) is 86.9 cm³/mol. The Morgan fingerprint density at radius 3 is 2.67 bits per heavy atom. The summed E-state index contributed by atoms with van der Waals surface area (Å²) in [5.74, 6) is -0.0575. The number of benzene rings is 1. The third-order valence-electron chi connectivity index (χ3n) is 2.20. The lowest BCUT2D eigenvalue weighted by Crippen LogP contribution is -2.32. The first-order chi connectivity index (χ1) is 8.15. The molecule has 0 aliphatic rings. The van der Waals surface area contributed by atoms with E-state index in [0.29, 0.717) is 17.1 Å². The predicted octanol–water partition coefficient (Wildman–Crippen LogP) is 3.10. The fourth-order valence-electron chi connectivity index (χ4n) is 1.31. The smallest absolute Gasteiger partial charge is 0.251 e. The average molecular weight is 403 g/mol. The van der Waals surface area contributed by atoms with E-state index < -0.39 is 0 Å². The largest absolute Gasteiger partial charge is 0.351 e. The molecule has 0 saturated heterocycles. The molecule has 2 N–H and O–H groups in total. The fourth-order valence-corrected chi connectivity index (χ4v) is 1.94. The van der Waals surface area contributed by atoms with Gasteiger partial charge in [0.1, 0.15) is 0 Å². The van der Waals surface area contributed by atoms with Gasteiger partial charge in [0.05, 0.1) is 5.02 Å². The summed E-state index contributed by atoms with van der Waals surface area (Å²) in [7, 11) is 0. The number of carbonyl (C=O) groups is 1. The van der Waals surface area contributed by atoms with Crippen LogP contribution in [-0.4, -0.2) is 25.5 Å². The number of hydrogen-bond acceptors (Lipinski definition) is 2. The molecule has 1 amide bonds. The lowest BCUT2D eigenvalue weighted by molar-refractivity contribution is 0.0954. The van der Waals surface area contributed by atoms with E-state index in [1.807, 2.05) is 0 Å². The number of carbonyl (C=O) groups excluding carboxylic acids is 1. The molecular formula is C12H17Cl2IN2O. The molecule has 1 rings (SSSR count). The van der Waals surface area contributed by atoms with E-state index in [-0.39, 0.29) is 18.3 Å². The Morgan fingerprint density at radius 1 is 1.33 bits per heavy atom. The minimum Gasteiger partial charge on any atom is -0.351 e. The second-order valence-corrected chi connectivity index (χ2v) is 5.20. The molecule has 0 aliphatic heterocycles. The van der Waals surface area contributed by atoms with Gasteiger partial charge in [-0.05, 0) is 53.8 Å². The fraction of sp³-hybridized carbons (Fsp3) is 0.417. The van der Waals surface area contributed by atoms with Crippen LogP contribution in [0.2, 0.25) is 5.02 Å². The molecular weight excluding hydrogens is 386 g/mol. The maximum Gasteiger partial charge on any atom is 0.251 e. The molecule has 3 nitrogen and oxygen atoms in total. The highest BCUT2D eigenvalue weighted by molar-refractivity contribution is 14.1. The van der Waals surface area contributed by atoms with Gasteiger partial charge in [-0.25, -0.2) is 0 Å². The van der Waals surface area contributed by atoms with Crippen LogP contribution in [0.5, 0.6) is 0 Å². The highest BCUT2D eigenvalue weighted by atomic mass is 127. The maximum atomic E-state index is 11.8. The monoisotopic (exact) mass is 402 g/mol. The normalized spacial score (nSPS) is 9.72. The summed E-state index contributed by atoms with van der Waals surface area (Å²) in [4.78, 5) is 11.8. The van der Waals surface area contributed by atoms with Gasteiger partial charge in [0.15, 0.2) is 0 Å². The maximum absolute atomic E-state index is 11.8. The van der Waals surface area contributed by atoms with Gasteiger partial charge in [-0.15, -0.1) is 12.4 Å². The van der Waals surface area contributed by atoms with Crippen LogP contribution in [0.3, 0.4) is 0 Å². The van der Waals surface area contributed by atoms with Crippen molar-refractivity contribution in [3.8, 4) is 0 Å². The van der Waals surface area contributed by atoms with E-state index in [1.165, 1.54) is 0 Å². The Labute approximate surface area is 133 Å². The molecule has 0 saturated carbocycles. The third kappa shape index (κ3) is 6.22. The zero-order valence-electron chi connectivity index (χ0n) is 10.1. The van der Waals surface area contributed by atoms with Crippen molar-refractivity contribution >= 4 is 52.5 Å². The summed E-state index contributed by atoms with van der Waals surface area (Å²) in [6.45, 7) is 4.53. The summed E-state index contributed by atoms with van der Waals surface area (Å²) in [6, 6.07) is 5.27. The number of rotatable bonds is 6. The zero-order chi connectivity index (χ0) is 12.7. The molecule has 1 aromatic carbocycles. The molecule has 0 aliphatic carbocycles. The summed E-state index contributed by atoms with van der Waals surface area (Å²) < 4.78 is 0.890. The lowest BCUT2D eigenvalue weighted by Gasteiger charge is -2.06. The Balaban J connectivity index is 0.00000289. The van der Waals surface area contributed by atoms with Gasteiger partial charge in [0, 0.05) is 22.2 Å². The summed E-state index contributed by atoms with van der Waals surface area (Å²) in [5, 5.41) is 6.75. The quantitative estimate of drug-likeness (QED) is 0.567. The van der Waals surface area contributed by atoms with Crippen LogP contribution in [0, 0.1) is 3.57 Å². The van der Waals surface area contributed by atoms with Gasteiger partial charge >= 0.3 is 0 Å². The minimum atomic E-state index is -0.0575. The molecule has 0 spiro atoms. The molecule has 18 heavy (non-hydrogen) atoms. The van der Waals surface area contributed by atoms with Crippen LogP contribution in [-0.2, 0) is 0 Å². The van der Waals surface area contributed by atoms with Crippen molar-refractivity contribution in [3.05, 3.63) is 32.4 Å². The second kappa shape index (κ2) is 9.83. The minimum absolute atomic E-state index is 0. The van der Waals surface area contributed by atoms with Crippen LogP contribution >= 0.6 is 46.6 Å². The van der Waals surface area contributed by atoms with Crippen LogP contribution in [0.4, 0.5) is 0 Å². The van der Waals surface area contributed by atoms with E-state index >= 15 is 0 Å². The zero-order valence-corrected chi connectivity index (χ0v) is 13.9. The van der Waals surface area contributed by atoms with Crippen molar-refractivity contribution < 1.29 is 4.79 Å². The second-order valence-electron chi connectivity index (χ2n) is 3.63. The Kier molecular flexibility index (Phi) is 9.81. The van der Waals surface area contributed by atoms with E-state index in [4.69, 9.17) is 11.6 Å². The van der Waals surface area contributed by atoms with E-state index in [0.717, 1.165) is 23.1 Å². The first kappa shape index (κ1) is 18.0. The molecule has 1 aromatic rings. The molecule has 0 heterocycles. The molecule has 102 valence electrons. The summed E-state index contributed by atoms with van der Waals surface area (Å²) in [6.07, 6.45) is 1.10. The number of hydrogen-bond donors (Lipinski definition) is 2. The first-order valence-corrected chi connectivity index (χ1v) is 7.04. The molecule has 0 radical (unpaired) electrons. The first-order valence-electron chi connectivity index (χ1n) is 5.59. The van der Waals surface area contributed by atoms with Gasteiger partial charge < -0.3 is 10.6 Å². The summed E-state index contributed by atoms with van der Waals surface area (Å²) in [5.41, 5.74) is 0.647. The molecule has 0 unspecified atom stereocenters. The average Bonchev–Trinajstić information content (AvgIpc) is 2.32. The highest BCUT2D eigenvalue weighted by Crippen LogP contribution is 2.19. The van der Waals surface area contributed by atoms with Crippen molar-refractivity contribution in [3.63, 3.8) is 0 Å². The third-order valence-corrected chi connectivity index (χ3v) is 3.74. The van der Waals surface area contributed by atoms with Crippen molar-refractivity contribution in [2.75, 3.05) is 19.6 Å². The number of amides is 1. The topological polar surface area (TPSA) is 41.1 Å².